The highest BCUT2D eigenvalue weighted by Gasteiger charge is 2.36. The van der Waals surface area contributed by atoms with E-state index >= 15 is 0 Å². The Hall–Kier alpha value is -0.600. The molecule has 0 aliphatic heterocycles. The third-order valence-corrected chi connectivity index (χ3v) is 2.89. The van der Waals surface area contributed by atoms with Crippen LogP contribution in [0.2, 0.25) is 5.02 Å². The third kappa shape index (κ3) is 1.69. The van der Waals surface area contributed by atoms with E-state index < -0.39 is 0 Å². The van der Waals surface area contributed by atoms with Gasteiger partial charge in [-0.1, -0.05) is 17.7 Å². The minimum absolute atomic E-state index is 0.208. The predicted molar refractivity (Wildman–Crippen MR) is 51.3 cm³/mol. The summed E-state index contributed by atoms with van der Waals surface area (Å²) < 4.78 is 12.8. The van der Waals surface area contributed by atoms with Crippen LogP contribution in [0, 0.1) is 11.7 Å². The Bertz CT molecular complexity index is 327. The summed E-state index contributed by atoms with van der Waals surface area (Å²) in [4.78, 5) is 0. The van der Waals surface area contributed by atoms with Crippen molar-refractivity contribution in [3.63, 3.8) is 0 Å². The molecule has 13 heavy (non-hydrogen) atoms. The second kappa shape index (κ2) is 3.28. The van der Waals surface area contributed by atoms with Gasteiger partial charge in [-0.25, -0.2) is 4.39 Å². The van der Waals surface area contributed by atoms with Gasteiger partial charge in [0.1, 0.15) is 5.82 Å². The molecule has 1 aromatic carbocycles. The standard InChI is InChI=1S/C10H11ClFN/c11-9-4-6(1-2-10(9)12)8-3-7(8)5-13/h1-2,4,7-8H,3,5,13H2/t7-,8-/m0/s1. The Labute approximate surface area is 81.7 Å². The summed E-state index contributed by atoms with van der Waals surface area (Å²) >= 11 is 5.67. The lowest BCUT2D eigenvalue weighted by Gasteiger charge is -2.00. The zero-order chi connectivity index (χ0) is 9.42. The zero-order valence-electron chi connectivity index (χ0n) is 7.13. The van der Waals surface area contributed by atoms with Crippen molar-refractivity contribution in [3.8, 4) is 0 Å². The molecule has 70 valence electrons. The van der Waals surface area contributed by atoms with E-state index in [0.29, 0.717) is 18.4 Å². The molecule has 0 radical (unpaired) electrons. The second-order valence-electron chi connectivity index (χ2n) is 3.51. The van der Waals surface area contributed by atoms with Crippen LogP contribution in [0.1, 0.15) is 17.9 Å². The van der Waals surface area contributed by atoms with Gasteiger partial charge in [0, 0.05) is 0 Å². The lowest BCUT2D eigenvalue weighted by atomic mass is 10.1. The molecule has 2 N–H and O–H groups in total. The van der Waals surface area contributed by atoms with Crippen molar-refractivity contribution in [1.29, 1.82) is 0 Å². The first-order valence-corrected chi connectivity index (χ1v) is 4.75. The van der Waals surface area contributed by atoms with Gasteiger partial charge in [0.05, 0.1) is 5.02 Å². The SMILES string of the molecule is NC[C@@H]1C[C@H]1c1ccc(F)c(Cl)c1. The van der Waals surface area contributed by atoms with Crippen LogP contribution in [0.5, 0.6) is 0 Å². The fourth-order valence-electron chi connectivity index (χ4n) is 1.66. The molecule has 0 aromatic heterocycles. The van der Waals surface area contributed by atoms with E-state index in [-0.39, 0.29) is 10.8 Å². The summed E-state index contributed by atoms with van der Waals surface area (Å²) in [7, 11) is 0. The van der Waals surface area contributed by atoms with Gasteiger partial charge < -0.3 is 5.73 Å². The molecule has 1 nitrogen and oxygen atoms in total. The van der Waals surface area contributed by atoms with E-state index in [4.69, 9.17) is 17.3 Å². The Morgan fingerprint density at radius 1 is 1.54 bits per heavy atom. The van der Waals surface area contributed by atoms with Crippen LogP contribution in [0.15, 0.2) is 18.2 Å². The van der Waals surface area contributed by atoms with Gasteiger partial charge in [-0.15, -0.1) is 0 Å². The van der Waals surface area contributed by atoms with E-state index in [9.17, 15) is 4.39 Å². The first-order valence-electron chi connectivity index (χ1n) is 4.37. The Morgan fingerprint density at radius 2 is 2.31 bits per heavy atom. The van der Waals surface area contributed by atoms with E-state index in [1.165, 1.54) is 6.07 Å². The smallest absolute Gasteiger partial charge is 0.141 e. The van der Waals surface area contributed by atoms with Crippen LogP contribution in [0.4, 0.5) is 4.39 Å². The number of halogens is 2. The number of rotatable bonds is 2. The molecule has 0 unspecified atom stereocenters. The maximum atomic E-state index is 12.8. The van der Waals surface area contributed by atoms with Gasteiger partial charge in [0.25, 0.3) is 0 Å². The Balaban J connectivity index is 2.19. The van der Waals surface area contributed by atoms with E-state index in [1.807, 2.05) is 0 Å². The highest BCUT2D eigenvalue weighted by Crippen LogP contribution is 2.47. The monoisotopic (exact) mass is 199 g/mol. The molecular weight excluding hydrogens is 189 g/mol. The molecule has 0 heterocycles. The molecular formula is C10H11ClFN. The van der Waals surface area contributed by atoms with Gasteiger partial charge in [-0.2, -0.15) is 0 Å². The molecule has 0 saturated heterocycles. The summed E-state index contributed by atoms with van der Waals surface area (Å²) in [6.45, 7) is 0.708. The molecule has 2 atom stereocenters. The van der Waals surface area contributed by atoms with Crippen LogP contribution in [0.3, 0.4) is 0 Å². The lowest BCUT2D eigenvalue weighted by molar-refractivity contribution is 0.627. The summed E-state index contributed by atoms with van der Waals surface area (Å²) in [6, 6.07) is 4.92. The van der Waals surface area contributed by atoms with Gasteiger partial charge in [-0.05, 0) is 42.5 Å². The van der Waals surface area contributed by atoms with Gasteiger partial charge in [-0.3, -0.25) is 0 Å². The summed E-state index contributed by atoms with van der Waals surface area (Å²) in [5.74, 6) is 0.722. The van der Waals surface area contributed by atoms with Gasteiger partial charge in [0.2, 0.25) is 0 Å². The first-order chi connectivity index (χ1) is 6.22. The molecule has 3 heteroatoms. The van der Waals surface area contributed by atoms with E-state index in [2.05, 4.69) is 0 Å². The maximum Gasteiger partial charge on any atom is 0.141 e. The molecule has 2 rings (SSSR count). The van der Waals surface area contributed by atoms with Gasteiger partial charge >= 0.3 is 0 Å². The van der Waals surface area contributed by atoms with Crippen molar-refractivity contribution < 1.29 is 4.39 Å². The van der Waals surface area contributed by atoms with Crippen LogP contribution >= 0.6 is 11.6 Å². The number of nitrogens with two attached hydrogens (primary N) is 1. The summed E-state index contributed by atoms with van der Waals surface area (Å²) in [5, 5.41) is 0.208. The molecule has 1 aromatic rings. The van der Waals surface area contributed by atoms with E-state index in [1.54, 1.807) is 12.1 Å². The summed E-state index contributed by atoms with van der Waals surface area (Å²) in [6.07, 6.45) is 1.11. The molecule has 0 bridgehead atoms. The predicted octanol–water partition coefficient (Wildman–Crippen LogP) is 2.54. The molecule has 0 spiro atoms. The topological polar surface area (TPSA) is 26.0 Å². The van der Waals surface area contributed by atoms with Crippen molar-refractivity contribution in [2.75, 3.05) is 6.54 Å². The van der Waals surface area contributed by atoms with Crippen molar-refractivity contribution in [2.45, 2.75) is 12.3 Å². The van der Waals surface area contributed by atoms with Gasteiger partial charge in [0.15, 0.2) is 0 Å². The molecule has 1 saturated carbocycles. The quantitative estimate of drug-likeness (QED) is 0.779. The minimum atomic E-state index is -0.352. The molecule has 0 amide bonds. The van der Waals surface area contributed by atoms with Crippen LogP contribution in [0.25, 0.3) is 0 Å². The van der Waals surface area contributed by atoms with Crippen molar-refractivity contribution in [2.24, 2.45) is 11.7 Å². The number of hydrogen-bond donors (Lipinski definition) is 1. The molecule has 1 fully saturated rings. The lowest BCUT2D eigenvalue weighted by Crippen LogP contribution is -2.01. The Morgan fingerprint density at radius 3 is 2.85 bits per heavy atom. The maximum absolute atomic E-state index is 12.8. The average molecular weight is 200 g/mol. The van der Waals surface area contributed by atoms with Crippen molar-refractivity contribution in [3.05, 3.63) is 34.6 Å². The van der Waals surface area contributed by atoms with Crippen LogP contribution in [-0.4, -0.2) is 6.54 Å². The second-order valence-corrected chi connectivity index (χ2v) is 3.92. The third-order valence-electron chi connectivity index (χ3n) is 2.60. The Kier molecular flexibility index (Phi) is 2.26. The highest BCUT2D eigenvalue weighted by atomic mass is 35.5. The first kappa shape index (κ1) is 8.97. The molecule has 1 aliphatic carbocycles. The highest BCUT2D eigenvalue weighted by molar-refractivity contribution is 6.30. The van der Waals surface area contributed by atoms with Crippen LogP contribution < -0.4 is 5.73 Å². The number of hydrogen-bond acceptors (Lipinski definition) is 1. The van der Waals surface area contributed by atoms with E-state index in [0.717, 1.165) is 12.0 Å². The normalized spacial score (nSPS) is 26.1. The largest absolute Gasteiger partial charge is 0.330 e. The minimum Gasteiger partial charge on any atom is -0.330 e. The zero-order valence-corrected chi connectivity index (χ0v) is 7.89. The van der Waals surface area contributed by atoms with Crippen molar-refractivity contribution >= 4 is 11.6 Å². The number of benzene rings is 1. The summed E-state index contributed by atoms with van der Waals surface area (Å²) in [5.41, 5.74) is 6.64. The average Bonchev–Trinajstić information content (AvgIpc) is 2.88. The fourth-order valence-corrected chi connectivity index (χ4v) is 1.85. The molecule has 1 aliphatic rings. The fraction of sp³-hybridized carbons (Fsp3) is 0.400. The van der Waals surface area contributed by atoms with Crippen molar-refractivity contribution in [1.82, 2.24) is 0 Å². The van der Waals surface area contributed by atoms with Crippen LogP contribution in [-0.2, 0) is 0 Å².